The second-order valence-corrected chi connectivity index (χ2v) is 19.2. The molecule has 0 aliphatic carbocycles. The minimum atomic E-state index is -1.18. The van der Waals surface area contributed by atoms with Crippen molar-refractivity contribution in [2.45, 2.75) is 174 Å². The van der Waals surface area contributed by atoms with Crippen molar-refractivity contribution in [1.82, 2.24) is 26.2 Å². The number of Topliss-reactive ketones (excluding diaryl/α,β-unsaturated/α-hetero) is 5. The highest BCUT2D eigenvalue weighted by molar-refractivity contribution is 5.97. The van der Waals surface area contributed by atoms with E-state index in [2.05, 4.69) is 21.3 Å². The van der Waals surface area contributed by atoms with Crippen molar-refractivity contribution in [3.05, 3.63) is 0 Å². The molecule has 5 amide bonds. The molecule has 378 valence electrons. The van der Waals surface area contributed by atoms with E-state index in [-0.39, 0.29) is 107 Å². The van der Waals surface area contributed by atoms with Crippen LogP contribution in [-0.2, 0) is 52.7 Å². The number of aliphatic carboxylic acids is 1. The first-order valence-electron chi connectivity index (χ1n) is 23.9. The largest absolute Gasteiger partial charge is 0.481 e. The number of nitrogens with one attached hydrogen (secondary N) is 4. The number of rotatable bonds is 34. The third-order valence-corrected chi connectivity index (χ3v) is 12.3. The summed E-state index contributed by atoms with van der Waals surface area (Å²) < 4.78 is 0. The van der Waals surface area contributed by atoms with E-state index >= 15 is 0 Å². The highest BCUT2D eigenvalue weighted by Gasteiger charge is 2.37. The lowest BCUT2D eigenvalue weighted by Gasteiger charge is -2.25. The Hall–Kier alpha value is -4.95. The first kappa shape index (κ1) is 58.2. The summed E-state index contributed by atoms with van der Waals surface area (Å²) in [5.74, 6) is -8.76. The number of unbranched alkanes of at least 4 members (excludes halogenated alkanes) is 1. The van der Waals surface area contributed by atoms with E-state index in [4.69, 9.17) is 11.5 Å². The van der Waals surface area contributed by atoms with Crippen LogP contribution in [0.4, 0.5) is 0 Å². The average Bonchev–Trinajstić information content (AvgIpc) is 3.93. The van der Waals surface area contributed by atoms with Gasteiger partial charge in [-0.05, 0) is 76.7 Å². The molecule has 2 heterocycles. The fraction of sp³-hybridized carbons (Fsp3) is 0.766. The Morgan fingerprint density at radius 3 is 1.97 bits per heavy atom. The number of likely N-dealkylation sites (tertiary alicyclic amines) is 1. The highest BCUT2D eigenvalue weighted by atomic mass is 16.4. The van der Waals surface area contributed by atoms with Crippen molar-refractivity contribution in [2.75, 3.05) is 26.2 Å². The monoisotopic (exact) mass is 948 g/mol. The number of aliphatic hydroxyl groups is 1. The molecule has 0 aromatic heterocycles. The van der Waals surface area contributed by atoms with E-state index in [1.807, 2.05) is 27.7 Å². The smallest absolute Gasteiger partial charge is 0.306 e. The van der Waals surface area contributed by atoms with E-state index in [0.717, 1.165) is 0 Å². The molecule has 0 radical (unpaired) electrons. The molecule has 20 heteroatoms. The average molecular weight is 948 g/mol. The van der Waals surface area contributed by atoms with Gasteiger partial charge in [0.1, 0.15) is 5.78 Å². The Balaban J connectivity index is 1.98. The quantitative estimate of drug-likeness (QED) is 0.0414. The molecule has 8 atom stereocenters. The number of nitrogens with zero attached hydrogens (tertiary/aromatic N) is 1. The van der Waals surface area contributed by atoms with Crippen LogP contribution < -0.4 is 32.7 Å². The van der Waals surface area contributed by atoms with Crippen LogP contribution in [0.3, 0.4) is 0 Å². The molecule has 20 nitrogen and oxygen atoms in total. The SMILES string of the molecule is CC(C)C[C@@H](CC(=O)[C@@H](CCC(N)=O)NC(=O)CCC(=O)[C@H]1C[C@@H](O)CN1)C(=O)NCC(=O)C[C@H](CC(C)C)C(=O)N[C@H](C)C(=O)CCC(=O)N1CCC[C@@H]1C(=O)C[C@H](CCCCN)C(=O)O. The predicted molar refractivity (Wildman–Crippen MR) is 245 cm³/mol. The number of aliphatic hydroxyl groups excluding tert-OH is 1. The summed E-state index contributed by atoms with van der Waals surface area (Å²) in [6.07, 6.45) is 0.597. The van der Waals surface area contributed by atoms with Gasteiger partial charge in [0.2, 0.25) is 29.5 Å². The van der Waals surface area contributed by atoms with Gasteiger partial charge in [0.25, 0.3) is 0 Å². The topological polar surface area (TPSA) is 332 Å². The minimum absolute atomic E-state index is 0.0298. The van der Waals surface area contributed by atoms with E-state index < -0.39 is 107 Å². The number of carboxylic acids is 1. The van der Waals surface area contributed by atoms with Crippen LogP contribution in [0.1, 0.15) is 144 Å². The van der Waals surface area contributed by atoms with Crippen LogP contribution >= 0.6 is 0 Å². The van der Waals surface area contributed by atoms with Gasteiger partial charge in [-0.25, -0.2) is 0 Å². The highest BCUT2D eigenvalue weighted by Crippen LogP contribution is 2.25. The Bertz CT molecular complexity index is 1750. The normalized spacial score (nSPS) is 19.2. The zero-order valence-electron chi connectivity index (χ0n) is 40.1. The van der Waals surface area contributed by atoms with E-state index in [1.54, 1.807) is 0 Å². The fourth-order valence-corrected chi connectivity index (χ4v) is 8.64. The number of hydrogen-bond acceptors (Lipinski definition) is 14. The lowest BCUT2D eigenvalue weighted by molar-refractivity contribution is -0.145. The number of hydrogen-bond donors (Lipinski definition) is 8. The van der Waals surface area contributed by atoms with Crippen LogP contribution in [0.5, 0.6) is 0 Å². The maximum atomic E-state index is 13.6. The van der Waals surface area contributed by atoms with Crippen LogP contribution in [0.15, 0.2) is 0 Å². The Labute approximate surface area is 394 Å². The number of ketones is 5. The summed E-state index contributed by atoms with van der Waals surface area (Å²) in [7, 11) is 0. The van der Waals surface area contributed by atoms with Gasteiger partial charge in [0.15, 0.2) is 23.1 Å². The molecular weight excluding hydrogens is 871 g/mol. The third kappa shape index (κ3) is 21.7. The summed E-state index contributed by atoms with van der Waals surface area (Å²) in [6, 6.07) is -3.53. The summed E-state index contributed by atoms with van der Waals surface area (Å²) >= 11 is 0. The number of primary amides is 1. The first-order chi connectivity index (χ1) is 31.5. The van der Waals surface area contributed by atoms with Crippen molar-refractivity contribution < 1.29 is 63.0 Å². The van der Waals surface area contributed by atoms with E-state index in [9.17, 15) is 63.0 Å². The number of carbonyl (C=O) groups is 11. The number of carboxylic acid groups (broad SMARTS) is 1. The van der Waals surface area contributed by atoms with Gasteiger partial charge in [-0.1, -0.05) is 34.1 Å². The molecule has 0 unspecified atom stereocenters. The molecule has 0 bridgehead atoms. The molecule has 0 aromatic carbocycles. The Morgan fingerprint density at radius 2 is 1.39 bits per heavy atom. The van der Waals surface area contributed by atoms with Crippen LogP contribution in [-0.4, -0.2) is 136 Å². The molecule has 2 aliphatic rings. The Kier molecular flexibility index (Phi) is 25.8. The molecule has 0 aromatic rings. The number of β-amino-alcohol motifs (C(OH)–C–C–N with tert-alkyl or cyclic N) is 1. The number of nitrogens with two attached hydrogens (primary N) is 2. The Morgan fingerprint density at radius 1 is 0.731 bits per heavy atom. The maximum absolute atomic E-state index is 13.6. The van der Waals surface area contributed by atoms with Crippen molar-refractivity contribution in [3.8, 4) is 0 Å². The van der Waals surface area contributed by atoms with Gasteiger partial charge < -0.3 is 47.8 Å². The molecule has 67 heavy (non-hydrogen) atoms. The van der Waals surface area contributed by atoms with Gasteiger partial charge in [-0.3, -0.25) is 52.7 Å². The molecular formula is C47H77N7O13. The molecule has 2 fully saturated rings. The van der Waals surface area contributed by atoms with E-state index in [0.29, 0.717) is 45.2 Å². The lowest BCUT2D eigenvalue weighted by atomic mass is 9.88. The van der Waals surface area contributed by atoms with Crippen LogP contribution in [0, 0.1) is 29.6 Å². The van der Waals surface area contributed by atoms with Gasteiger partial charge in [-0.2, -0.15) is 0 Å². The lowest BCUT2D eigenvalue weighted by Crippen LogP contribution is -2.45. The molecule has 10 N–H and O–H groups in total. The summed E-state index contributed by atoms with van der Waals surface area (Å²) in [4.78, 5) is 144. The van der Waals surface area contributed by atoms with Crippen molar-refractivity contribution in [2.24, 2.45) is 41.1 Å². The first-order valence-corrected chi connectivity index (χ1v) is 23.9. The van der Waals surface area contributed by atoms with Crippen molar-refractivity contribution in [1.29, 1.82) is 0 Å². The summed E-state index contributed by atoms with van der Waals surface area (Å²) in [5, 5.41) is 30.0. The zero-order valence-corrected chi connectivity index (χ0v) is 40.1. The molecule has 2 aliphatic heterocycles. The second-order valence-electron chi connectivity index (χ2n) is 19.2. The molecule has 0 spiro atoms. The van der Waals surface area contributed by atoms with Gasteiger partial charge >= 0.3 is 5.97 Å². The predicted octanol–water partition coefficient (Wildman–Crippen LogP) is 0.802. The summed E-state index contributed by atoms with van der Waals surface area (Å²) in [5.41, 5.74) is 10.8. The standard InChI is InChI=1S/C47H77N7O13/c1-27(2)19-31(46(65)52-29(5)38(57)13-16-44(63)54-18-8-10-37(54)41(60)22-30(47(66)67)9-6-7-17-48)21-33(55)26-51-45(64)32(20-28(3)4)23-40(59)35(11-14-42(49)61)53-43(62)15-12-39(58)36-24-34(56)25-50-36/h27-32,34-37,50,56H,6-26,48H2,1-5H3,(H2,49,61)(H,51,64)(H,52,65)(H,53,62)(H,66,67)/t29-,30+,31+,32+,34-,35-,36-,37-/m1/s1. The maximum Gasteiger partial charge on any atom is 0.306 e. The van der Waals surface area contributed by atoms with E-state index in [1.165, 1.54) is 11.8 Å². The zero-order chi connectivity index (χ0) is 50.4. The van der Waals surface area contributed by atoms with Gasteiger partial charge in [-0.15, -0.1) is 0 Å². The fourth-order valence-electron chi connectivity index (χ4n) is 8.64. The van der Waals surface area contributed by atoms with Crippen LogP contribution in [0.2, 0.25) is 0 Å². The minimum Gasteiger partial charge on any atom is -0.481 e. The molecule has 2 saturated heterocycles. The molecule has 2 rings (SSSR count). The summed E-state index contributed by atoms with van der Waals surface area (Å²) in [6.45, 7) is 9.42. The number of amides is 5. The molecule has 0 saturated carbocycles. The van der Waals surface area contributed by atoms with Gasteiger partial charge in [0, 0.05) is 76.3 Å². The number of carbonyl (C=O) groups excluding carboxylic acids is 10. The second kappa shape index (κ2) is 29.7. The van der Waals surface area contributed by atoms with Crippen molar-refractivity contribution >= 4 is 64.4 Å². The van der Waals surface area contributed by atoms with Gasteiger partial charge in [0.05, 0.1) is 42.7 Å². The third-order valence-electron chi connectivity index (χ3n) is 12.3. The van der Waals surface area contributed by atoms with Crippen molar-refractivity contribution in [3.63, 3.8) is 0 Å². The van der Waals surface area contributed by atoms with Crippen LogP contribution in [0.25, 0.3) is 0 Å².